The molecule has 1 unspecified atom stereocenters. The molecule has 0 bridgehead atoms. The molecule has 2 aromatic carbocycles. The van der Waals surface area contributed by atoms with Crippen molar-refractivity contribution in [2.24, 2.45) is 0 Å². The van der Waals surface area contributed by atoms with Gasteiger partial charge in [0.25, 0.3) is 0 Å². The Bertz CT molecular complexity index is 941. The van der Waals surface area contributed by atoms with Crippen molar-refractivity contribution in [3.63, 3.8) is 0 Å². The number of carboxylic acids is 1. The van der Waals surface area contributed by atoms with Gasteiger partial charge in [0.2, 0.25) is 0 Å². The lowest BCUT2D eigenvalue weighted by Crippen LogP contribution is -2.34. The molecule has 4 heteroatoms. The van der Waals surface area contributed by atoms with Gasteiger partial charge >= 0.3 is 5.97 Å². The second kappa shape index (κ2) is 9.66. The number of hydrogen-bond acceptors (Lipinski definition) is 3. The number of fused-ring (bicyclic) bond motifs is 1. The molecule has 0 amide bonds. The van der Waals surface area contributed by atoms with Gasteiger partial charge < -0.3 is 14.6 Å². The monoisotopic (exact) mass is 438 g/mol. The zero-order valence-corrected chi connectivity index (χ0v) is 20.5. The third-order valence-corrected chi connectivity index (χ3v) is 6.81. The maximum absolute atomic E-state index is 11.3. The van der Waals surface area contributed by atoms with E-state index in [9.17, 15) is 9.90 Å². The zero-order valence-electron chi connectivity index (χ0n) is 20.5. The van der Waals surface area contributed by atoms with Crippen molar-refractivity contribution >= 4 is 5.97 Å². The Morgan fingerprint density at radius 2 is 1.59 bits per heavy atom. The van der Waals surface area contributed by atoms with E-state index >= 15 is 0 Å². The second-order valence-corrected chi connectivity index (χ2v) is 10.2. The van der Waals surface area contributed by atoms with Crippen molar-refractivity contribution in [3.05, 3.63) is 64.2 Å². The van der Waals surface area contributed by atoms with Gasteiger partial charge in [-0.2, -0.15) is 0 Å². The topological polar surface area (TPSA) is 55.8 Å². The minimum absolute atomic E-state index is 0.0749. The van der Waals surface area contributed by atoms with Crippen LogP contribution in [0.1, 0.15) is 106 Å². The first-order chi connectivity index (χ1) is 15.1. The van der Waals surface area contributed by atoms with Gasteiger partial charge in [-0.05, 0) is 78.0 Å². The normalized spacial score (nSPS) is 17.4. The highest BCUT2D eigenvalue weighted by Gasteiger charge is 2.38. The fourth-order valence-electron chi connectivity index (χ4n) is 4.61. The number of aromatic carboxylic acids is 1. The summed E-state index contributed by atoms with van der Waals surface area (Å²) in [5.74, 6) is -0.0615. The van der Waals surface area contributed by atoms with Crippen LogP contribution < -0.4 is 4.74 Å². The largest absolute Gasteiger partial charge is 0.493 e. The van der Waals surface area contributed by atoms with E-state index in [-0.39, 0.29) is 22.5 Å². The Morgan fingerprint density at radius 1 is 1.00 bits per heavy atom. The van der Waals surface area contributed by atoms with Crippen LogP contribution in [0, 0.1) is 0 Å². The Kier molecular flexibility index (Phi) is 7.34. The van der Waals surface area contributed by atoms with Crippen LogP contribution in [0.3, 0.4) is 0 Å². The third kappa shape index (κ3) is 5.01. The first kappa shape index (κ1) is 24.3. The Labute approximate surface area is 193 Å². The molecule has 174 valence electrons. The first-order valence-corrected chi connectivity index (χ1v) is 11.9. The van der Waals surface area contributed by atoms with Gasteiger partial charge in [0, 0.05) is 12.2 Å². The van der Waals surface area contributed by atoms with Crippen molar-refractivity contribution in [2.75, 3.05) is 13.2 Å². The molecule has 0 heterocycles. The summed E-state index contributed by atoms with van der Waals surface area (Å²) in [7, 11) is 0. The second-order valence-electron chi connectivity index (χ2n) is 10.2. The maximum atomic E-state index is 11.3. The molecular weight excluding hydrogens is 400 g/mol. The van der Waals surface area contributed by atoms with Crippen LogP contribution in [0.2, 0.25) is 0 Å². The smallest absolute Gasteiger partial charge is 0.335 e. The summed E-state index contributed by atoms with van der Waals surface area (Å²) in [5, 5.41) is 9.31. The molecule has 0 aromatic heterocycles. The molecule has 1 aliphatic rings. The fourth-order valence-corrected chi connectivity index (χ4v) is 4.61. The molecule has 1 atom stereocenters. The Hall–Kier alpha value is -2.33. The number of ether oxygens (including phenoxy) is 2. The third-order valence-electron chi connectivity index (χ3n) is 6.81. The molecule has 0 spiro atoms. The standard InChI is InChI=1S/C28H38O4/c1-7-9-16-32-25(19-10-12-20(13-11-19)26(29)30)21-17-22-23(18-24(21)31-8-2)28(5,6)15-14-27(22,3)4/h10-13,17-18,25H,7-9,14-16H2,1-6H3,(H,29,30). The van der Waals surface area contributed by atoms with Gasteiger partial charge in [0.05, 0.1) is 12.2 Å². The van der Waals surface area contributed by atoms with Crippen molar-refractivity contribution in [2.45, 2.75) is 84.2 Å². The highest BCUT2D eigenvalue weighted by molar-refractivity contribution is 5.87. The van der Waals surface area contributed by atoms with Crippen LogP contribution in [0.4, 0.5) is 0 Å². The lowest BCUT2D eigenvalue weighted by Gasteiger charge is -2.42. The molecule has 2 aromatic rings. The van der Waals surface area contributed by atoms with Crippen LogP contribution in [0.5, 0.6) is 5.75 Å². The van der Waals surface area contributed by atoms with Crippen molar-refractivity contribution in [1.29, 1.82) is 0 Å². The predicted molar refractivity (Wildman–Crippen MR) is 129 cm³/mol. The van der Waals surface area contributed by atoms with Gasteiger partial charge in [0.1, 0.15) is 11.9 Å². The quantitative estimate of drug-likeness (QED) is 0.427. The van der Waals surface area contributed by atoms with Gasteiger partial charge in [0.15, 0.2) is 0 Å². The van der Waals surface area contributed by atoms with Gasteiger partial charge in [-0.15, -0.1) is 0 Å². The molecule has 0 saturated carbocycles. The van der Waals surface area contributed by atoms with E-state index in [1.165, 1.54) is 11.1 Å². The van der Waals surface area contributed by atoms with Crippen LogP contribution >= 0.6 is 0 Å². The van der Waals surface area contributed by atoms with E-state index in [0.29, 0.717) is 13.2 Å². The number of benzene rings is 2. The zero-order chi connectivity index (χ0) is 23.5. The molecule has 32 heavy (non-hydrogen) atoms. The van der Waals surface area contributed by atoms with Gasteiger partial charge in [-0.3, -0.25) is 0 Å². The average Bonchev–Trinajstić information content (AvgIpc) is 2.75. The number of carboxylic acid groups (broad SMARTS) is 1. The maximum Gasteiger partial charge on any atom is 0.335 e. The van der Waals surface area contributed by atoms with E-state index < -0.39 is 5.97 Å². The summed E-state index contributed by atoms with van der Waals surface area (Å²) in [4.78, 5) is 11.3. The molecule has 0 saturated heterocycles. The van der Waals surface area contributed by atoms with E-state index in [0.717, 1.165) is 42.6 Å². The number of carbonyl (C=O) groups is 1. The summed E-state index contributed by atoms with van der Waals surface area (Å²) >= 11 is 0. The minimum atomic E-state index is -0.923. The number of rotatable bonds is 9. The van der Waals surface area contributed by atoms with Crippen molar-refractivity contribution in [3.8, 4) is 5.75 Å². The lowest BCUT2D eigenvalue weighted by atomic mass is 9.62. The van der Waals surface area contributed by atoms with Crippen LogP contribution in [0.25, 0.3) is 0 Å². The number of hydrogen-bond donors (Lipinski definition) is 1. The van der Waals surface area contributed by atoms with Crippen molar-refractivity contribution in [1.82, 2.24) is 0 Å². The molecular formula is C28H38O4. The van der Waals surface area contributed by atoms with Crippen LogP contribution in [-0.4, -0.2) is 24.3 Å². The molecule has 4 nitrogen and oxygen atoms in total. The van der Waals surface area contributed by atoms with E-state index in [4.69, 9.17) is 9.47 Å². The summed E-state index contributed by atoms with van der Waals surface area (Å²) in [6, 6.07) is 11.6. The first-order valence-electron chi connectivity index (χ1n) is 11.9. The molecule has 3 rings (SSSR count). The summed E-state index contributed by atoms with van der Waals surface area (Å²) in [6.07, 6.45) is 3.99. The SMILES string of the molecule is CCCCOC(c1ccc(C(=O)O)cc1)c1cc2c(cc1OCC)C(C)(C)CCC2(C)C. The highest BCUT2D eigenvalue weighted by Crippen LogP contribution is 2.49. The van der Waals surface area contributed by atoms with Crippen LogP contribution in [-0.2, 0) is 15.6 Å². The lowest BCUT2D eigenvalue weighted by molar-refractivity contribution is 0.0694. The summed E-state index contributed by atoms with van der Waals surface area (Å²) in [6.45, 7) is 14.6. The molecule has 0 radical (unpaired) electrons. The summed E-state index contributed by atoms with van der Waals surface area (Å²) in [5.41, 5.74) is 5.13. The molecule has 0 fully saturated rings. The van der Waals surface area contributed by atoms with Gasteiger partial charge in [-0.1, -0.05) is 53.2 Å². The molecule has 1 aliphatic carbocycles. The average molecular weight is 439 g/mol. The Balaban J connectivity index is 2.16. The van der Waals surface area contributed by atoms with E-state index in [2.05, 4.69) is 46.8 Å². The minimum Gasteiger partial charge on any atom is -0.493 e. The van der Waals surface area contributed by atoms with Gasteiger partial charge in [-0.25, -0.2) is 4.79 Å². The number of unbranched alkanes of at least 4 members (excludes halogenated alkanes) is 1. The van der Waals surface area contributed by atoms with E-state index in [1.54, 1.807) is 12.1 Å². The summed E-state index contributed by atoms with van der Waals surface area (Å²) < 4.78 is 12.6. The van der Waals surface area contributed by atoms with E-state index in [1.807, 2.05) is 19.1 Å². The fraction of sp³-hybridized carbons (Fsp3) is 0.536. The molecule has 1 N–H and O–H groups in total. The molecule has 0 aliphatic heterocycles. The van der Waals surface area contributed by atoms with Crippen LogP contribution in [0.15, 0.2) is 36.4 Å². The predicted octanol–water partition coefficient (Wildman–Crippen LogP) is 7.04. The van der Waals surface area contributed by atoms with Crippen molar-refractivity contribution < 1.29 is 19.4 Å². The highest BCUT2D eigenvalue weighted by atomic mass is 16.5. The Morgan fingerprint density at radius 3 is 2.12 bits per heavy atom.